The lowest BCUT2D eigenvalue weighted by Crippen LogP contribution is -2.53. The molecule has 5 rings (SSSR count). The molecule has 1 saturated heterocycles. The highest BCUT2D eigenvalue weighted by Crippen LogP contribution is 2.51. The standard InChI is InChI=1S/C29H28Cl2N4O8S/c1-3-43-33-26(36)29(20-6-4-5-7-22(20)31)21-16-18(30)8-10-23(21)35(27(29)37)44(39,40)25-11-9-19(17-24(25)41-2)32-28(38)34-12-14-42-15-13-34/h4-11,16-17H,3,12-15H2,1-2H3,(H,32,38)(H,33,36). The smallest absolute Gasteiger partial charge is 0.322 e. The van der Waals surface area contributed by atoms with Gasteiger partial charge in [-0.15, -0.1) is 0 Å². The monoisotopic (exact) mass is 662 g/mol. The number of hydrogen-bond donors (Lipinski definition) is 2. The predicted octanol–water partition coefficient (Wildman–Crippen LogP) is 3.96. The molecule has 0 spiro atoms. The topological polar surface area (TPSA) is 144 Å². The van der Waals surface area contributed by atoms with Crippen LogP contribution in [0, 0.1) is 0 Å². The van der Waals surface area contributed by atoms with Crippen molar-refractivity contribution in [3.63, 3.8) is 0 Å². The van der Waals surface area contributed by atoms with Gasteiger partial charge in [0.05, 0.1) is 32.6 Å². The van der Waals surface area contributed by atoms with Crippen molar-refractivity contribution >= 4 is 62.4 Å². The minimum Gasteiger partial charge on any atom is -0.495 e. The number of ether oxygens (including phenoxy) is 2. The van der Waals surface area contributed by atoms with E-state index >= 15 is 0 Å². The number of hydrogen-bond acceptors (Lipinski definition) is 8. The molecule has 2 aliphatic heterocycles. The minimum atomic E-state index is -4.76. The van der Waals surface area contributed by atoms with Crippen molar-refractivity contribution < 1.29 is 37.1 Å². The van der Waals surface area contributed by atoms with E-state index < -0.39 is 38.2 Å². The molecule has 12 nitrogen and oxygen atoms in total. The van der Waals surface area contributed by atoms with Crippen LogP contribution in [0.5, 0.6) is 5.75 Å². The Bertz CT molecular complexity index is 1730. The number of methoxy groups -OCH3 is 1. The van der Waals surface area contributed by atoms with Crippen LogP contribution < -0.4 is 19.8 Å². The first-order chi connectivity index (χ1) is 21.1. The number of benzene rings is 3. The summed E-state index contributed by atoms with van der Waals surface area (Å²) in [7, 11) is -3.50. The summed E-state index contributed by atoms with van der Waals surface area (Å²) in [5.41, 5.74) is 0.127. The number of carbonyl (C=O) groups is 3. The van der Waals surface area contributed by atoms with Crippen molar-refractivity contribution in [2.45, 2.75) is 17.2 Å². The Morgan fingerprint density at radius 1 is 1.02 bits per heavy atom. The van der Waals surface area contributed by atoms with Gasteiger partial charge >= 0.3 is 6.03 Å². The normalized spacial score (nSPS) is 18.1. The second kappa shape index (κ2) is 12.6. The maximum absolute atomic E-state index is 14.6. The van der Waals surface area contributed by atoms with Crippen LogP contribution in [0.1, 0.15) is 18.1 Å². The molecule has 1 atom stereocenters. The van der Waals surface area contributed by atoms with Crippen molar-refractivity contribution in [3.8, 4) is 5.75 Å². The number of halogens is 2. The van der Waals surface area contributed by atoms with Crippen molar-refractivity contribution in [2.75, 3.05) is 49.6 Å². The van der Waals surface area contributed by atoms with Crippen molar-refractivity contribution in [1.29, 1.82) is 0 Å². The first-order valence-corrected chi connectivity index (χ1v) is 15.7. The summed E-state index contributed by atoms with van der Waals surface area (Å²) < 4.78 is 40.0. The Balaban J connectivity index is 1.63. The highest BCUT2D eigenvalue weighted by molar-refractivity contribution is 7.93. The number of nitrogens with one attached hydrogen (secondary N) is 2. The average Bonchev–Trinajstić information content (AvgIpc) is 3.28. The number of amides is 4. The van der Waals surface area contributed by atoms with Crippen molar-refractivity contribution in [1.82, 2.24) is 10.4 Å². The summed E-state index contributed by atoms with van der Waals surface area (Å²) in [5, 5.41) is 2.91. The van der Waals surface area contributed by atoms with Crippen LogP contribution in [0.25, 0.3) is 0 Å². The molecule has 3 aromatic carbocycles. The Morgan fingerprint density at radius 3 is 2.43 bits per heavy atom. The van der Waals surface area contributed by atoms with E-state index in [0.717, 1.165) is 0 Å². The summed E-state index contributed by atoms with van der Waals surface area (Å²) in [6, 6.07) is 13.7. The number of anilines is 2. The van der Waals surface area contributed by atoms with Crippen LogP contribution in [0.2, 0.25) is 10.0 Å². The molecule has 0 radical (unpaired) electrons. The maximum atomic E-state index is 14.6. The quantitative estimate of drug-likeness (QED) is 0.273. The molecule has 44 heavy (non-hydrogen) atoms. The third-order valence-electron chi connectivity index (χ3n) is 7.25. The van der Waals surface area contributed by atoms with E-state index in [1.807, 2.05) is 0 Å². The van der Waals surface area contributed by atoms with E-state index in [1.165, 1.54) is 55.6 Å². The molecular formula is C29H28Cl2N4O8S. The van der Waals surface area contributed by atoms with E-state index in [4.69, 9.17) is 37.5 Å². The first-order valence-electron chi connectivity index (χ1n) is 13.5. The fraction of sp³-hybridized carbons (Fsp3) is 0.276. The zero-order valence-corrected chi connectivity index (χ0v) is 26.0. The van der Waals surface area contributed by atoms with Gasteiger partial charge in [0.15, 0.2) is 5.41 Å². The SMILES string of the molecule is CCONC(=O)C1(c2ccccc2Cl)C(=O)N(S(=O)(=O)c2ccc(NC(=O)N3CCOCC3)cc2OC)c2ccc(Cl)cc21. The number of hydroxylamine groups is 1. The number of urea groups is 1. The molecule has 1 unspecified atom stereocenters. The molecule has 232 valence electrons. The number of fused-ring (bicyclic) bond motifs is 1. The molecule has 1 fully saturated rings. The van der Waals surface area contributed by atoms with Gasteiger partial charge in [-0.3, -0.25) is 14.4 Å². The van der Waals surface area contributed by atoms with Gasteiger partial charge in [0.2, 0.25) is 0 Å². The molecule has 2 aliphatic rings. The number of rotatable bonds is 8. The van der Waals surface area contributed by atoms with Gasteiger partial charge in [0, 0.05) is 46.0 Å². The first kappa shape index (κ1) is 31.5. The van der Waals surface area contributed by atoms with Crippen molar-refractivity contribution in [2.24, 2.45) is 0 Å². The largest absolute Gasteiger partial charge is 0.495 e. The second-order valence-corrected chi connectivity index (χ2v) is 12.3. The summed E-state index contributed by atoms with van der Waals surface area (Å²) in [4.78, 5) is 47.5. The zero-order valence-electron chi connectivity index (χ0n) is 23.6. The Hall–Kier alpha value is -3.88. The van der Waals surface area contributed by atoms with Crippen LogP contribution in [0.4, 0.5) is 16.2 Å². The summed E-state index contributed by atoms with van der Waals surface area (Å²) >= 11 is 12.9. The Kier molecular flexibility index (Phi) is 9.05. The van der Waals surface area contributed by atoms with Crippen molar-refractivity contribution in [3.05, 3.63) is 81.8 Å². The molecule has 0 aliphatic carbocycles. The summed E-state index contributed by atoms with van der Waals surface area (Å²) in [5.74, 6) is -2.25. The maximum Gasteiger partial charge on any atom is 0.322 e. The van der Waals surface area contributed by atoms with Crippen LogP contribution >= 0.6 is 23.2 Å². The van der Waals surface area contributed by atoms with Gasteiger partial charge in [-0.25, -0.2) is 23.0 Å². The molecule has 0 saturated carbocycles. The highest BCUT2D eigenvalue weighted by atomic mass is 35.5. The van der Waals surface area contributed by atoms with Gasteiger partial charge < -0.3 is 19.7 Å². The number of morpholine rings is 1. The highest BCUT2D eigenvalue weighted by Gasteiger charge is 2.62. The van der Waals surface area contributed by atoms with E-state index in [1.54, 1.807) is 24.0 Å². The Labute approximate surface area is 263 Å². The fourth-order valence-corrected chi connectivity index (χ4v) is 7.26. The lowest BCUT2D eigenvalue weighted by Gasteiger charge is -2.28. The lowest BCUT2D eigenvalue weighted by atomic mass is 9.74. The van der Waals surface area contributed by atoms with Gasteiger partial charge in [-0.2, -0.15) is 0 Å². The second-order valence-electron chi connectivity index (χ2n) is 9.73. The molecular weight excluding hydrogens is 635 g/mol. The molecule has 0 aromatic heterocycles. The van der Waals surface area contributed by atoms with Crippen LogP contribution in [0.3, 0.4) is 0 Å². The third kappa shape index (κ3) is 5.35. The molecule has 15 heteroatoms. The van der Waals surface area contributed by atoms with Crippen LogP contribution in [0.15, 0.2) is 65.6 Å². The number of nitrogens with zero attached hydrogens (tertiary/aromatic N) is 2. The molecule has 4 amide bonds. The molecule has 2 heterocycles. The van der Waals surface area contributed by atoms with Crippen LogP contribution in [-0.2, 0) is 34.6 Å². The molecule has 3 aromatic rings. The lowest BCUT2D eigenvalue weighted by molar-refractivity contribution is -0.142. The van der Waals surface area contributed by atoms with Gasteiger partial charge in [-0.1, -0.05) is 41.4 Å². The average molecular weight is 664 g/mol. The Morgan fingerprint density at radius 2 is 1.75 bits per heavy atom. The third-order valence-corrected chi connectivity index (χ3v) is 9.55. The summed E-state index contributed by atoms with van der Waals surface area (Å²) in [6.45, 7) is 3.31. The van der Waals surface area contributed by atoms with E-state index in [2.05, 4.69) is 10.8 Å². The number of carbonyl (C=O) groups excluding carboxylic acids is 3. The molecule has 0 bridgehead atoms. The van der Waals surface area contributed by atoms with Gasteiger partial charge in [-0.05, 0) is 43.3 Å². The fourth-order valence-electron chi connectivity index (χ4n) is 5.21. The van der Waals surface area contributed by atoms with Gasteiger partial charge in [0.1, 0.15) is 10.6 Å². The summed E-state index contributed by atoms with van der Waals surface area (Å²) in [6.07, 6.45) is 0. The predicted molar refractivity (Wildman–Crippen MR) is 163 cm³/mol. The molecule has 2 N–H and O–H groups in total. The number of sulfonamides is 1. The van der Waals surface area contributed by atoms with E-state index in [-0.39, 0.29) is 44.9 Å². The van der Waals surface area contributed by atoms with E-state index in [9.17, 15) is 22.8 Å². The van der Waals surface area contributed by atoms with Gasteiger partial charge in [0.25, 0.3) is 21.8 Å². The zero-order chi connectivity index (χ0) is 31.6. The minimum absolute atomic E-state index is 0.0164. The van der Waals surface area contributed by atoms with Crippen LogP contribution in [-0.4, -0.2) is 71.2 Å². The van der Waals surface area contributed by atoms with E-state index in [0.29, 0.717) is 30.6 Å².